The quantitative estimate of drug-likeness (QED) is 0.835. The first-order valence-corrected chi connectivity index (χ1v) is 8.19. The summed E-state index contributed by atoms with van der Waals surface area (Å²) >= 11 is 0. The van der Waals surface area contributed by atoms with Gasteiger partial charge in [-0.25, -0.2) is 0 Å². The summed E-state index contributed by atoms with van der Waals surface area (Å²) in [6.45, 7) is 5.41. The molecule has 1 saturated heterocycles. The smallest absolute Gasteiger partial charge is 0.226 e. The van der Waals surface area contributed by atoms with Gasteiger partial charge in [-0.2, -0.15) is 0 Å². The molecule has 1 aliphatic carbocycles. The molecule has 0 bridgehead atoms. The van der Waals surface area contributed by atoms with Crippen molar-refractivity contribution < 1.29 is 4.79 Å². The van der Waals surface area contributed by atoms with Crippen LogP contribution in [0, 0.1) is 11.8 Å². The minimum absolute atomic E-state index is 0.229. The van der Waals surface area contributed by atoms with Crippen molar-refractivity contribution in [1.29, 1.82) is 0 Å². The summed E-state index contributed by atoms with van der Waals surface area (Å²) in [6, 6.07) is 0.794. The highest BCUT2D eigenvalue weighted by molar-refractivity contribution is 5.79. The predicted octanol–water partition coefficient (Wildman–Crippen LogP) is 2.93. The van der Waals surface area contributed by atoms with E-state index in [0.29, 0.717) is 23.9 Å². The molecule has 1 saturated carbocycles. The van der Waals surface area contributed by atoms with Crippen LogP contribution in [0.1, 0.15) is 65.2 Å². The number of carbonyl (C=O) groups excluding carboxylic acids is 1. The fraction of sp³-hybridized carbons (Fsp3) is 0.938. The fourth-order valence-corrected chi connectivity index (χ4v) is 3.91. The molecule has 0 aromatic carbocycles. The Morgan fingerprint density at radius 1 is 1.21 bits per heavy atom. The number of hydrogen-bond donors (Lipinski definition) is 1. The van der Waals surface area contributed by atoms with Crippen LogP contribution in [0.25, 0.3) is 0 Å². The largest absolute Gasteiger partial charge is 0.339 e. The molecule has 3 nitrogen and oxygen atoms in total. The molecule has 2 fully saturated rings. The molecule has 19 heavy (non-hydrogen) atoms. The van der Waals surface area contributed by atoms with Crippen LogP contribution in [0.3, 0.4) is 0 Å². The third-order valence-corrected chi connectivity index (χ3v) is 5.16. The van der Waals surface area contributed by atoms with Gasteiger partial charge in [-0.05, 0) is 44.4 Å². The number of rotatable bonds is 2. The Morgan fingerprint density at radius 2 is 2.00 bits per heavy atom. The fourth-order valence-electron chi connectivity index (χ4n) is 3.91. The Kier molecular flexibility index (Phi) is 5.26. The number of likely N-dealkylation sites (tertiary alicyclic amines) is 1. The topological polar surface area (TPSA) is 46.3 Å². The Bertz CT molecular complexity index is 305. The Labute approximate surface area is 117 Å². The summed E-state index contributed by atoms with van der Waals surface area (Å²) in [5, 5.41) is 0. The van der Waals surface area contributed by atoms with E-state index in [4.69, 9.17) is 5.73 Å². The molecule has 4 unspecified atom stereocenters. The lowest BCUT2D eigenvalue weighted by Gasteiger charge is -2.38. The van der Waals surface area contributed by atoms with Gasteiger partial charge in [0.25, 0.3) is 0 Å². The van der Waals surface area contributed by atoms with Gasteiger partial charge in [0, 0.05) is 24.5 Å². The van der Waals surface area contributed by atoms with Crippen molar-refractivity contribution in [3.05, 3.63) is 0 Å². The first-order valence-electron chi connectivity index (χ1n) is 8.19. The zero-order valence-electron chi connectivity index (χ0n) is 12.6. The van der Waals surface area contributed by atoms with Gasteiger partial charge in [-0.3, -0.25) is 4.79 Å². The summed E-state index contributed by atoms with van der Waals surface area (Å²) in [5.74, 6) is 1.11. The molecule has 2 aliphatic rings. The summed E-state index contributed by atoms with van der Waals surface area (Å²) < 4.78 is 0. The van der Waals surface area contributed by atoms with Gasteiger partial charge in [-0.15, -0.1) is 0 Å². The van der Waals surface area contributed by atoms with Crippen LogP contribution in [0.2, 0.25) is 0 Å². The van der Waals surface area contributed by atoms with Crippen molar-refractivity contribution in [2.24, 2.45) is 17.6 Å². The molecule has 0 radical (unpaired) electrons. The van der Waals surface area contributed by atoms with Gasteiger partial charge >= 0.3 is 0 Å². The maximum Gasteiger partial charge on any atom is 0.226 e. The first kappa shape index (κ1) is 14.8. The van der Waals surface area contributed by atoms with E-state index >= 15 is 0 Å². The van der Waals surface area contributed by atoms with Crippen molar-refractivity contribution in [3.63, 3.8) is 0 Å². The average molecular weight is 266 g/mol. The second kappa shape index (κ2) is 6.74. The lowest BCUT2D eigenvalue weighted by Crippen LogP contribution is -2.47. The zero-order valence-corrected chi connectivity index (χ0v) is 12.6. The lowest BCUT2D eigenvalue weighted by molar-refractivity contribution is -0.140. The highest BCUT2D eigenvalue weighted by Gasteiger charge is 2.35. The van der Waals surface area contributed by atoms with Gasteiger partial charge < -0.3 is 10.6 Å². The van der Waals surface area contributed by atoms with Crippen LogP contribution in [-0.4, -0.2) is 29.4 Å². The van der Waals surface area contributed by atoms with Crippen molar-refractivity contribution in [1.82, 2.24) is 4.90 Å². The van der Waals surface area contributed by atoms with Crippen LogP contribution >= 0.6 is 0 Å². The van der Waals surface area contributed by atoms with E-state index in [2.05, 4.69) is 18.7 Å². The first-order chi connectivity index (χ1) is 9.13. The van der Waals surface area contributed by atoms with E-state index in [1.165, 1.54) is 25.7 Å². The molecular formula is C16H30N2O. The van der Waals surface area contributed by atoms with Crippen LogP contribution in [0.4, 0.5) is 0 Å². The molecule has 1 amide bonds. The van der Waals surface area contributed by atoms with E-state index in [9.17, 15) is 4.79 Å². The summed E-state index contributed by atoms with van der Waals surface area (Å²) in [6.07, 6.45) is 9.08. The average Bonchev–Trinajstić information content (AvgIpc) is 2.63. The third kappa shape index (κ3) is 3.50. The number of carbonyl (C=O) groups is 1. The Hall–Kier alpha value is -0.570. The van der Waals surface area contributed by atoms with Gasteiger partial charge in [0.05, 0.1) is 0 Å². The Morgan fingerprint density at radius 3 is 2.68 bits per heavy atom. The second-order valence-electron chi connectivity index (χ2n) is 6.60. The molecular weight excluding hydrogens is 236 g/mol. The van der Waals surface area contributed by atoms with Crippen LogP contribution in [-0.2, 0) is 4.79 Å². The SMILES string of the molecule is CCC1CCCCCN1C(=O)C1CCC(N)CC1C. The minimum Gasteiger partial charge on any atom is -0.339 e. The molecule has 0 aromatic rings. The van der Waals surface area contributed by atoms with E-state index in [1.807, 2.05) is 0 Å². The van der Waals surface area contributed by atoms with Gasteiger partial charge in [0.15, 0.2) is 0 Å². The van der Waals surface area contributed by atoms with Crippen molar-refractivity contribution >= 4 is 5.91 Å². The normalized spacial score (nSPS) is 36.9. The van der Waals surface area contributed by atoms with E-state index in [-0.39, 0.29) is 5.92 Å². The molecule has 0 aromatic heterocycles. The monoisotopic (exact) mass is 266 g/mol. The molecule has 110 valence electrons. The summed E-state index contributed by atoms with van der Waals surface area (Å²) in [4.78, 5) is 15.1. The standard InChI is InChI=1S/C16H30N2O/c1-3-14-7-5-4-6-10-18(14)16(19)15-9-8-13(17)11-12(15)2/h12-15H,3-11,17H2,1-2H3. The molecule has 1 aliphatic heterocycles. The maximum absolute atomic E-state index is 12.9. The van der Waals surface area contributed by atoms with E-state index in [0.717, 1.165) is 32.2 Å². The summed E-state index contributed by atoms with van der Waals surface area (Å²) in [5.41, 5.74) is 6.02. The van der Waals surface area contributed by atoms with E-state index < -0.39 is 0 Å². The molecule has 0 spiro atoms. The van der Waals surface area contributed by atoms with Crippen molar-refractivity contribution in [2.45, 2.75) is 77.3 Å². The van der Waals surface area contributed by atoms with Gasteiger partial charge in [-0.1, -0.05) is 26.7 Å². The number of nitrogens with two attached hydrogens (primary N) is 1. The predicted molar refractivity (Wildman–Crippen MR) is 78.7 cm³/mol. The van der Waals surface area contributed by atoms with Crippen LogP contribution in [0.15, 0.2) is 0 Å². The van der Waals surface area contributed by atoms with Gasteiger partial charge in [0.1, 0.15) is 0 Å². The van der Waals surface area contributed by atoms with Crippen LogP contribution < -0.4 is 5.73 Å². The zero-order chi connectivity index (χ0) is 13.8. The number of amides is 1. The van der Waals surface area contributed by atoms with Crippen LogP contribution in [0.5, 0.6) is 0 Å². The van der Waals surface area contributed by atoms with Gasteiger partial charge in [0.2, 0.25) is 5.91 Å². The molecule has 2 N–H and O–H groups in total. The molecule has 3 heteroatoms. The van der Waals surface area contributed by atoms with E-state index in [1.54, 1.807) is 0 Å². The molecule has 1 heterocycles. The lowest BCUT2D eigenvalue weighted by atomic mass is 9.77. The molecule has 4 atom stereocenters. The summed E-state index contributed by atoms with van der Waals surface area (Å²) in [7, 11) is 0. The molecule has 2 rings (SSSR count). The number of nitrogens with zero attached hydrogens (tertiary/aromatic N) is 1. The highest BCUT2D eigenvalue weighted by atomic mass is 16.2. The van der Waals surface area contributed by atoms with Crippen molar-refractivity contribution in [2.75, 3.05) is 6.54 Å². The third-order valence-electron chi connectivity index (χ3n) is 5.16. The Balaban J connectivity index is 2.03. The second-order valence-corrected chi connectivity index (χ2v) is 6.60. The minimum atomic E-state index is 0.229. The highest BCUT2D eigenvalue weighted by Crippen LogP contribution is 2.32. The maximum atomic E-state index is 12.9. The van der Waals surface area contributed by atoms with Crippen molar-refractivity contribution in [3.8, 4) is 0 Å². The number of hydrogen-bond acceptors (Lipinski definition) is 2.